The first-order chi connectivity index (χ1) is 10.5. The Bertz CT molecular complexity index is 530. The van der Waals surface area contributed by atoms with E-state index in [1.165, 1.54) is 17.8 Å². The fraction of sp³-hybridized carbons (Fsp3) is 0.562. The molecule has 22 heavy (non-hydrogen) atoms. The maximum atomic E-state index is 12.6. The van der Waals surface area contributed by atoms with Crippen molar-refractivity contribution in [2.75, 3.05) is 19.3 Å². The Balaban J connectivity index is 3.04. The van der Waals surface area contributed by atoms with E-state index in [1.807, 2.05) is 6.92 Å². The number of rotatable bonds is 8. The van der Waals surface area contributed by atoms with Crippen molar-refractivity contribution >= 4 is 23.4 Å². The van der Waals surface area contributed by atoms with Crippen LogP contribution in [0, 0.1) is 16.0 Å². The van der Waals surface area contributed by atoms with Crippen LogP contribution < -0.4 is 0 Å². The number of benzene rings is 1. The average molecular weight is 324 g/mol. The zero-order valence-electron chi connectivity index (χ0n) is 13.7. The van der Waals surface area contributed by atoms with Gasteiger partial charge in [-0.15, -0.1) is 11.8 Å². The molecule has 5 nitrogen and oxygen atoms in total. The van der Waals surface area contributed by atoms with Crippen LogP contribution in [0.4, 0.5) is 5.69 Å². The Hall–Kier alpha value is -1.56. The SMILES string of the molecule is CCC(CC)CN(CC)C(=O)c1ccc(SC)c([N+](=O)[O-])c1. The van der Waals surface area contributed by atoms with Crippen LogP contribution in [-0.2, 0) is 0 Å². The summed E-state index contributed by atoms with van der Waals surface area (Å²) < 4.78 is 0. The van der Waals surface area contributed by atoms with E-state index in [4.69, 9.17) is 0 Å². The largest absolute Gasteiger partial charge is 0.339 e. The van der Waals surface area contributed by atoms with Gasteiger partial charge >= 0.3 is 0 Å². The van der Waals surface area contributed by atoms with Crippen LogP contribution in [-0.4, -0.2) is 35.1 Å². The summed E-state index contributed by atoms with van der Waals surface area (Å²) in [4.78, 5) is 25.7. The highest BCUT2D eigenvalue weighted by molar-refractivity contribution is 7.98. The molecule has 0 spiro atoms. The summed E-state index contributed by atoms with van der Waals surface area (Å²) >= 11 is 1.31. The zero-order valence-corrected chi connectivity index (χ0v) is 14.5. The van der Waals surface area contributed by atoms with Gasteiger partial charge < -0.3 is 4.90 Å². The third kappa shape index (κ3) is 4.47. The van der Waals surface area contributed by atoms with Crippen molar-refractivity contribution in [1.82, 2.24) is 4.90 Å². The second-order valence-corrected chi connectivity index (χ2v) is 6.02. The number of nitro groups is 1. The first-order valence-corrected chi connectivity index (χ1v) is 8.82. The van der Waals surface area contributed by atoms with Gasteiger partial charge in [0.25, 0.3) is 11.6 Å². The first-order valence-electron chi connectivity index (χ1n) is 7.60. The van der Waals surface area contributed by atoms with Gasteiger partial charge in [-0.3, -0.25) is 14.9 Å². The Morgan fingerprint density at radius 2 is 1.95 bits per heavy atom. The van der Waals surface area contributed by atoms with Crippen LogP contribution in [0.2, 0.25) is 0 Å². The number of thioether (sulfide) groups is 1. The topological polar surface area (TPSA) is 63.5 Å². The van der Waals surface area contributed by atoms with Crippen molar-refractivity contribution < 1.29 is 9.72 Å². The van der Waals surface area contributed by atoms with Crippen molar-refractivity contribution in [2.45, 2.75) is 38.5 Å². The monoisotopic (exact) mass is 324 g/mol. The highest BCUT2D eigenvalue weighted by Gasteiger charge is 2.21. The molecule has 122 valence electrons. The summed E-state index contributed by atoms with van der Waals surface area (Å²) in [6, 6.07) is 4.72. The predicted octanol–water partition coefficient (Wildman–Crippen LogP) is 4.22. The summed E-state index contributed by atoms with van der Waals surface area (Å²) in [6.45, 7) is 7.47. The highest BCUT2D eigenvalue weighted by atomic mass is 32.2. The summed E-state index contributed by atoms with van der Waals surface area (Å²) in [5, 5.41) is 11.1. The second kappa shape index (κ2) is 8.78. The number of carbonyl (C=O) groups excluding carboxylic acids is 1. The lowest BCUT2D eigenvalue weighted by Gasteiger charge is -2.25. The average Bonchev–Trinajstić information content (AvgIpc) is 2.54. The number of hydrogen-bond acceptors (Lipinski definition) is 4. The van der Waals surface area contributed by atoms with E-state index in [0.717, 1.165) is 12.8 Å². The molecule has 0 saturated carbocycles. The summed E-state index contributed by atoms with van der Waals surface area (Å²) in [5.74, 6) is 0.328. The molecule has 0 fully saturated rings. The Morgan fingerprint density at radius 1 is 1.32 bits per heavy atom. The fourth-order valence-corrected chi connectivity index (χ4v) is 2.91. The van der Waals surface area contributed by atoms with Crippen LogP contribution in [0.3, 0.4) is 0 Å². The maximum absolute atomic E-state index is 12.6. The molecule has 1 aromatic rings. The predicted molar refractivity (Wildman–Crippen MR) is 90.5 cm³/mol. The molecule has 0 bridgehead atoms. The smallest absolute Gasteiger partial charge is 0.283 e. The Morgan fingerprint density at radius 3 is 2.41 bits per heavy atom. The molecule has 1 rings (SSSR count). The number of nitrogens with zero attached hydrogens (tertiary/aromatic N) is 2. The molecular formula is C16H24N2O3S. The Kier molecular flexibility index (Phi) is 7.38. The van der Waals surface area contributed by atoms with Crippen LogP contribution in [0.5, 0.6) is 0 Å². The van der Waals surface area contributed by atoms with Crippen molar-refractivity contribution in [3.63, 3.8) is 0 Å². The van der Waals surface area contributed by atoms with E-state index in [9.17, 15) is 14.9 Å². The van der Waals surface area contributed by atoms with Gasteiger partial charge in [-0.1, -0.05) is 26.7 Å². The van der Waals surface area contributed by atoms with Crippen LogP contribution in [0.15, 0.2) is 23.1 Å². The minimum absolute atomic E-state index is 0.00284. The van der Waals surface area contributed by atoms with E-state index < -0.39 is 4.92 Å². The van der Waals surface area contributed by atoms with Crippen molar-refractivity contribution in [3.05, 3.63) is 33.9 Å². The van der Waals surface area contributed by atoms with E-state index >= 15 is 0 Å². The molecule has 6 heteroatoms. The molecule has 0 heterocycles. The van der Waals surface area contributed by atoms with Crippen molar-refractivity contribution in [2.24, 2.45) is 5.92 Å². The van der Waals surface area contributed by atoms with Gasteiger partial charge in [-0.25, -0.2) is 0 Å². The Labute approximate surface area is 136 Å². The van der Waals surface area contributed by atoms with Gasteiger partial charge in [-0.2, -0.15) is 0 Å². The molecule has 1 aromatic carbocycles. The van der Waals surface area contributed by atoms with Crippen LogP contribution in [0.25, 0.3) is 0 Å². The molecular weight excluding hydrogens is 300 g/mol. The van der Waals surface area contributed by atoms with Gasteiger partial charge in [0.15, 0.2) is 0 Å². The van der Waals surface area contributed by atoms with Crippen LogP contribution >= 0.6 is 11.8 Å². The second-order valence-electron chi connectivity index (χ2n) is 5.17. The minimum atomic E-state index is -0.431. The quantitative estimate of drug-likeness (QED) is 0.408. The molecule has 0 aliphatic carbocycles. The van der Waals surface area contributed by atoms with Gasteiger partial charge in [0.1, 0.15) is 0 Å². The molecule has 0 unspecified atom stereocenters. The van der Waals surface area contributed by atoms with Gasteiger partial charge in [0, 0.05) is 24.7 Å². The zero-order chi connectivity index (χ0) is 16.7. The van der Waals surface area contributed by atoms with E-state index in [1.54, 1.807) is 23.3 Å². The number of amides is 1. The van der Waals surface area contributed by atoms with Gasteiger partial charge in [0.05, 0.1) is 9.82 Å². The van der Waals surface area contributed by atoms with Gasteiger partial charge in [-0.05, 0) is 31.2 Å². The standard InChI is InChI=1S/C16H24N2O3S/c1-5-12(6-2)11-17(7-3)16(19)13-8-9-15(22-4)14(10-13)18(20)21/h8-10,12H,5-7,11H2,1-4H3. The first kappa shape index (κ1) is 18.5. The van der Waals surface area contributed by atoms with Crippen molar-refractivity contribution in [3.8, 4) is 0 Å². The highest BCUT2D eigenvalue weighted by Crippen LogP contribution is 2.28. The lowest BCUT2D eigenvalue weighted by atomic mass is 10.0. The molecule has 0 saturated heterocycles. The van der Waals surface area contributed by atoms with Crippen LogP contribution in [0.1, 0.15) is 44.0 Å². The molecule has 0 atom stereocenters. The number of hydrogen-bond donors (Lipinski definition) is 0. The van der Waals surface area contributed by atoms with Gasteiger partial charge in [0.2, 0.25) is 0 Å². The molecule has 0 aliphatic rings. The van der Waals surface area contributed by atoms with E-state index in [-0.39, 0.29) is 11.6 Å². The normalized spacial score (nSPS) is 10.8. The van der Waals surface area contributed by atoms with E-state index in [0.29, 0.717) is 29.5 Å². The summed E-state index contributed by atoms with van der Waals surface area (Å²) in [7, 11) is 0. The maximum Gasteiger partial charge on any atom is 0.283 e. The van der Waals surface area contributed by atoms with Crippen molar-refractivity contribution in [1.29, 1.82) is 0 Å². The van der Waals surface area contributed by atoms with E-state index in [2.05, 4.69) is 13.8 Å². The molecule has 1 amide bonds. The fourth-order valence-electron chi connectivity index (χ4n) is 2.36. The number of nitro benzene ring substituents is 1. The minimum Gasteiger partial charge on any atom is -0.339 e. The summed E-state index contributed by atoms with van der Waals surface area (Å²) in [5.41, 5.74) is 0.384. The molecule has 0 aromatic heterocycles. The third-order valence-electron chi connectivity index (χ3n) is 3.92. The lowest BCUT2D eigenvalue weighted by Crippen LogP contribution is -2.35. The number of carbonyl (C=O) groups is 1. The molecule has 0 N–H and O–H groups in total. The molecule has 0 radical (unpaired) electrons. The lowest BCUT2D eigenvalue weighted by molar-refractivity contribution is -0.387. The summed E-state index contributed by atoms with van der Waals surface area (Å²) in [6.07, 6.45) is 3.83. The molecule has 0 aliphatic heterocycles. The third-order valence-corrected chi connectivity index (χ3v) is 4.71.